The lowest BCUT2D eigenvalue weighted by Crippen LogP contribution is -2.12. The summed E-state index contributed by atoms with van der Waals surface area (Å²) >= 11 is 1.25. The number of amides is 1. The Labute approximate surface area is 120 Å². The predicted molar refractivity (Wildman–Crippen MR) is 78.8 cm³/mol. The zero-order chi connectivity index (χ0) is 14.5. The standard InChI is InChI=1S/C14H13N3O2S/c1-9-4-2-6-11(12(9)18)13(19)17-14-16-8-10(20-14)5-3-7-15/h2,4,6,8,18H,7,15H2,1H3,(H,16,17,19). The van der Waals surface area contributed by atoms with E-state index in [9.17, 15) is 9.90 Å². The average molecular weight is 287 g/mol. The van der Waals surface area contributed by atoms with Crippen molar-refractivity contribution in [3.63, 3.8) is 0 Å². The van der Waals surface area contributed by atoms with Gasteiger partial charge in [0.2, 0.25) is 0 Å². The first-order valence-corrected chi connectivity index (χ1v) is 6.68. The molecule has 1 heterocycles. The molecular weight excluding hydrogens is 274 g/mol. The van der Waals surface area contributed by atoms with Gasteiger partial charge in [-0.3, -0.25) is 10.1 Å². The average Bonchev–Trinajstić information content (AvgIpc) is 2.87. The van der Waals surface area contributed by atoms with E-state index in [0.29, 0.717) is 10.7 Å². The number of nitrogens with one attached hydrogen (secondary N) is 1. The lowest BCUT2D eigenvalue weighted by molar-refractivity contribution is 0.102. The molecule has 2 rings (SSSR count). The molecule has 2 aromatic rings. The number of nitrogens with zero attached hydrogens (tertiary/aromatic N) is 1. The van der Waals surface area contributed by atoms with Gasteiger partial charge in [-0.25, -0.2) is 4.98 Å². The summed E-state index contributed by atoms with van der Waals surface area (Å²) in [6, 6.07) is 5.00. The molecule has 6 heteroatoms. The third kappa shape index (κ3) is 3.15. The molecule has 5 nitrogen and oxygen atoms in total. The Morgan fingerprint density at radius 1 is 1.55 bits per heavy atom. The van der Waals surface area contributed by atoms with Crippen LogP contribution in [0, 0.1) is 18.8 Å². The van der Waals surface area contributed by atoms with Crippen LogP contribution in [0.3, 0.4) is 0 Å². The molecule has 0 spiro atoms. The zero-order valence-corrected chi connectivity index (χ0v) is 11.6. The van der Waals surface area contributed by atoms with Gasteiger partial charge in [-0.05, 0) is 18.6 Å². The molecular formula is C14H13N3O2S. The van der Waals surface area contributed by atoms with E-state index in [1.807, 2.05) is 0 Å². The van der Waals surface area contributed by atoms with Gasteiger partial charge in [0, 0.05) is 0 Å². The van der Waals surface area contributed by atoms with Crippen molar-refractivity contribution in [1.29, 1.82) is 0 Å². The normalized spacial score (nSPS) is 9.70. The maximum Gasteiger partial charge on any atom is 0.261 e. The number of carbonyl (C=O) groups excluding carboxylic acids is 1. The number of aryl methyl sites for hydroxylation is 1. The van der Waals surface area contributed by atoms with E-state index in [1.54, 1.807) is 31.3 Å². The molecule has 0 aliphatic rings. The summed E-state index contributed by atoms with van der Waals surface area (Å²) in [5, 5.41) is 12.9. The number of phenols is 1. The Morgan fingerprint density at radius 2 is 2.35 bits per heavy atom. The molecule has 4 N–H and O–H groups in total. The maximum absolute atomic E-state index is 12.0. The summed E-state index contributed by atoms with van der Waals surface area (Å²) in [5.41, 5.74) is 6.15. The van der Waals surface area contributed by atoms with Gasteiger partial charge >= 0.3 is 0 Å². The lowest BCUT2D eigenvalue weighted by Gasteiger charge is -2.05. The number of carbonyl (C=O) groups is 1. The van der Waals surface area contributed by atoms with Crippen molar-refractivity contribution in [3.8, 4) is 17.6 Å². The summed E-state index contributed by atoms with van der Waals surface area (Å²) in [7, 11) is 0. The van der Waals surface area contributed by atoms with Crippen molar-refractivity contribution in [2.24, 2.45) is 5.73 Å². The van der Waals surface area contributed by atoms with Crippen molar-refractivity contribution in [1.82, 2.24) is 4.98 Å². The van der Waals surface area contributed by atoms with Gasteiger partial charge in [0.1, 0.15) is 5.75 Å². The van der Waals surface area contributed by atoms with E-state index in [2.05, 4.69) is 22.1 Å². The van der Waals surface area contributed by atoms with Crippen LogP contribution in [0.25, 0.3) is 0 Å². The first-order chi connectivity index (χ1) is 9.61. The fourth-order valence-electron chi connectivity index (χ4n) is 1.53. The van der Waals surface area contributed by atoms with Gasteiger partial charge in [0.15, 0.2) is 5.13 Å². The van der Waals surface area contributed by atoms with E-state index in [-0.39, 0.29) is 17.9 Å². The van der Waals surface area contributed by atoms with Gasteiger partial charge < -0.3 is 10.8 Å². The van der Waals surface area contributed by atoms with Gasteiger partial charge in [-0.2, -0.15) is 0 Å². The van der Waals surface area contributed by atoms with Crippen molar-refractivity contribution in [2.45, 2.75) is 6.92 Å². The van der Waals surface area contributed by atoms with Crippen LogP contribution in [-0.4, -0.2) is 22.5 Å². The number of rotatable bonds is 2. The third-order valence-electron chi connectivity index (χ3n) is 2.52. The predicted octanol–water partition coefficient (Wildman–Crippen LogP) is 1.72. The highest BCUT2D eigenvalue weighted by molar-refractivity contribution is 7.16. The molecule has 0 radical (unpaired) electrons. The molecule has 0 atom stereocenters. The topological polar surface area (TPSA) is 88.2 Å². The highest BCUT2D eigenvalue weighted by Gasteiger charge is 2.13. The minimum Gasteiger partial charge on any atom is -0.507 e. The Kier molecular flexibility index (Phi) is 4.35. The molecule has 0 fully saturated rings. The Bertz CT molecular complexity index is 698. The molecule has 0 aliphatic heterocycles. The van der Waals surface area contributed by atoms with Gasteiger partial charge in [-0.15, -0.1) is 0 Å². The number of hydrogen-bond donors (Lipinski definition) is 3. The van der Waals surface area contributed by atoms with Crippen molar-refractivity contribution < 1.29 is 9.90 Å². The number of aromatic hydroxyl groups is 1. The van der Waals surface area contributed by atoms with Crippen LogP contribution in [0.5, 0.6) is 5.75 Å². The van der Waals surface area contributed by atoms with E-state index >= 15 is 0 Å². The summed E-state index contributed by atoms with van der Waals surface area (Å²) in [6.07, 6.45) is 1.57. The van der Waals surface area contributed by atoms with Crippen LogP contribution >= 0.6 is 11.3 Å². The first kappa shape index (κ1) is 14.1. The van der Waals surface area contributed by atoms with E-state index in [0.717, 1.165) is 4.88 Å². The monoisotopic (exact) mass is 287 g/mol. The minimum atomic E-state index is -0.404. The molecule has 0 bridgehead atoms. The van der Waals surface area contributed by atoms with Gasteiger partial charge in [0.05, 0.1) is 23.2 Å². The Hall–Kier alpha value is -2.36. The molecule has 0 aliphatic carbocycles. The summed E-state index contributed by atoms with van der Waals surface area (Å²) in [6.45, 7) is 2.01. The van der Waals surface area contributed by atoms with E-state index in [4.69, 9.17) is 5.73 Å². The fourth-order valence-corrected chi connectivity index (χ4v) is 2.22. The number of anilines is 1. The molecule has 0 saturated heterocycles. The largest absolute Gasteiger partial charge is 0.507 e. The molecule has 20 heavy (non-hydrogen) atoms. The molecule has 0 saturated carbocycles. The van der Waals surface area contributed by atoms with Crippen LogP contribution in [0.4, 0.5) is 5.13 Å². The second-order valence-electron chi connectivity index (χ2n) is 3.96. The van der Waals surface area contributed by atoms with Crippen molar-refractivity contribution in [2.75, 3.05) is 11.9 Å². The number of phenolic OH excluding ortho intramolecular Hbond substituents is 1. The Balaban J connectivity index is 2.15. The van der Waals surface area contributed by atoms with E-state index < -0.39 is 5.91 Å². The lowest BCUT2D eigenvalue weighted by atomic mass is 10.1. The molecule has 1 amide bonds. The van der Waals surface area contributed by atoms with Crippen molar-refractivity contribution >= 4 is 22.4 Å². The second kappa shape index (κ2) is 6.19. The van der Waals surface area contributed by atoms with Gasteiger partial charge in [0.25, 0.3) is 5.91 Å². The van der Waals surface area contributed by atoms with Crippen LogP contribution in [0.2, 0.25) is 0 Å². The van der Waals surface area contributed by atoms with Gasteiger partial charge in [-0.1, -0.05) is 35.3 Å². The fraction of sp³-hybridized carbons (Fsp3) is 0.143. The smallest absolute Gasteiger partial charge is 0.261 e. The number of thiazole rings is 1. The van der Waals surface area contributed by atoms with Crippen LogP contribution in [0.1, 0.15) is 20.8 Å². The number of hydrogen-bond acceptors (Lipinski definition) is 5. The third-order valence-corrected chi connectivity index (χ3v) is 3.35. The number of nitrogens with two attached hydrogens (primary N) is 1. The van der Waals surface area contributed by atoms with Crippen molar-refractivity contribution in [3.05, 3.63) is 40.4 Å². The highest BCUT2D eigenvalue weighted by Crippen LogP contribution is 2.23. The Morgan fingerprint density at radius 3 is 3.10 bits per heavy atom. The van der Waals surface area contributed by atoms with Crippen LogP contribution < -0.4 is 11.1 Å². The zero-order valence-electron chi connectivity index (χ0n) is 10.8. The highest BCUT2D eigenvalue weighted by atomic mass is 32.1. The van der Waals surface area contributed by atoms with E-state index in [1.165, 1.54) is 11.3 Å². The van der Waals surface area contributed by atoms with Crippen LogP contribution in [0.15, 0.2) is 24.4 Å². The number of para-hydroxylation sites is 1. The first-order valence-electron chi connectivity index (χ1n) is 5.86. The second-order valence-corrected chi connectivity index (χ2v) is 4.99. The molecule has 1 aromatic carbocycles. The summed E-state index contributed by atoms with van der Waals surface area (Å²) < 4.78 is 0. The quantitative estimate of drug-likeness (QED) is 0.734. The molecule has 1 aromatic heterocycles. The molecule has 102 valence electrons. The molecule has 0 unspecified atom stereocenters. The number of aromatic nitrogens is 1. The van der Waals surface area contributed by atoms with Crippen LogP contribution in [-0.2, 0) is 0 Å². The maximum atomic E-state index is 12.0. The summed E-state index contributed by atoms with van der Waals surface area (Å²) in [4.78, 5) is 16.8. The minimum absolute atomic E-state index is 0.0234. The summed E-state index contributed by atoms with van der Waals surface area (Å²) in [5.74, 6) is 5.13. The number of benzene rings is 1. The SMILES string of the molecule is Cc1cccc(C(=O)Nc2ncc(C#CCN)s2)c1O.